The Hall–Kier alpha value is -2.98. The Kier molecular flexibility index (Phi) is 5.67. The molecule has 2 N–H and O–H groups in total. The summed E-state index contributed by atoms with van der Waals surface area (Å²) in [6.45, 7) is -0.105. The quantitative estimate of drug-likeness (QED) is 0.570. The Morgan fingerprint density at radius 1 is 1.12 bits per heavy atom. The van der Waals surface area contributed by atoms with Gasteiger partial charge in [0, 0.05) is 24.6 Å². The summed E-state index contributed by atoms with van der Waals surface area (Å²) in [4.78, 5) is 21.2. The Morgan fingerprint density at radius 2 is 1.72 bits per heavy atom. The van der Waals surface area contributed by atoms with E-state index in [-0.39, 0.29) is 18.2 Å². The van der Waals surface area contributed by atoms with Gasteiger partial charge in [-0.25, -0.2) is 8.42 Å². The smallest absolute Gasteiger partial charge is 0.289 e. The molecule has 0 heterocycles. The summed E-state index contributed by atoms with van der Waals surface area (Å²) in [7, 11) is -2.74. The molecule has 0 aliphatic rings. The number of methoxy groups -OCH3 is 1. The van der Waals surface area contributed by atoms with Crippen LogP contribution in [-0.2, 0) is 19.6 Å². The molecule has 10 heteroatoms. The van der Waals surface area contributed by atoms with Crippen LogP contribution in [0.25, 0.3) is 0 Å². The minimum Gasteiger partial charge on any atom is -0.375 e. The summed E-state index contributed by atoms with van der Waals surface area (Å²) in [5.41, 5.74) is 0.136. The number of nitro groups is 1. The van der Waals surface area contributed by atoms with Crippen molar-refractivity contribution in [1.29, 1.82) is 0 Å². The summed E-state index contributed by atoms with van der Waals surface area (Å²) in [5.74, 6) is -0.351. The second kappa shape index (κ2) is 7.73. The van der Waals surface area contributed by atoms with Crippen LogP contribution >= 0.6 is 0 Å². The van der Waals surface area contributed by atoms with Gasteiger partial charge >= 0.3 is 0 Å². The zero-order valence-corrected chi connectivity index (χ0v) is 13.9. The second-order valence-electron chi connectivity index (χ2n) is 4.89. The van der Waals surface area contributed by atoms with E-state index in [9.17, 15) is 23.3 Å². The Bertz CT molecular complexity index is 880. The number of para-hydroxylation sites is 1. The minimum absolute atomic E-state index is 0.105. The number of hydrogen-bond acceptors (Lipinski definition) is 6. The molecule has 2 rings (SSSR count). The first-order chi connectivity index (χ1) is 11.8. The molecule has 2 aromatic carbocycles. The van der Waals surface area contributed by atoms with Crippen molar-refractivity contribution in [2.24, 2.45) is 0 Å². The fourth-order valence-electron chi connectivity index (χ4n) is 2.00. The van der Waals surface area contributed by atoms with Gasteiger partial charge in [0.15, 0.2) is 4.90 Å². The van der Waals surface area contributed by atoms with Crippen LogP contribution in [-0.4, -0.2) is 33.0 Å². The number of hydrogen-bond donors (Lipinski definition) is 2. The van der Waals surface area contributed by atoms with Crippen LogP contribution in [0.1, 0.15) is 0 Å². The minimum atomic E-state index is -4.13. The molecular weight excluding hydrogens is 350 g/mol. The van der Waals surface area contributed by atoms with E-state index >= 15 is 0 Å². The monoisotopic (exact) mass is 365 g/mol. The van der Waals surface area contributed by atoms with Gasteiger partial charge in [-0.3, -0.25) is 19.6 Å². The third-order valence-electron chi connectivity index (χ3n) is 3.05. The molecule has 9 nitrogen and oxygen atoms in total. The van der Waals surface area contributed by atoms with Gasteiger partial charge < -0.3 is 10.1 Å². The van der Waals surface area contributed by atoms with Gasteiger partial charge in [-0.15, -0.1) is 0 Å². The maximum atomic E-state index is 12.4. The standard InChI is InChI=1S/C15H15N3O6S/c1-24-10-15(19)16-11-6-8-12(9-7-11)17-25(22,23)14-5-3-2-4-13(14)18(20)21/h2-9,17H,10H2,1H3,(H,16,19). The van der Waals surface area contributed by atoms with Gasteiger partial charge in [-0.1, -0.05) is 12.1 Å². The lowest BCUT2D eigenvalue weighted by Gasteiger charge is -2.09. The van der Waals surface area contributed by atoms with Crippen LogP contribution in [0.2, 0.25) is 0 Å². The SMILES string of the molecule is COCC(=O)Nc1ccc(NS(=O)(=O)c2ccccc2[N+](=O)[O-])cc1. The highest BCUT2D eigenvalue weighted by molar-refractivity contribution is 7.92. The fraction of sp³-hybridized carbons (Fsp3) is 0.133. The largest absolute Gasteiger partial charge is 0.375 e. The zero-order chi connectivity index (χ0) is 18.4. The molecule has 0 saturated heterocycles. The predicted molar refractivity (Wildman–Crippen MR) is 90.9 cm³/mol. The highest BCUT2D eigenvalue weighted by Crippen LogP contribution is 2.25. The molecule has 0 fully saturated rings. The number of carbonyl (C=O) groups excluding carboxylic acids is 1. The maximum absolute atomic E-state index is 12.4. The molecule has 1 amide bonds. The molecule has 0 aromatic heterocycles. The Labute approximate surface area is 143 Å². The van der Waals surface area contributed by atoms with Crippen LogP contribution in [0.4, 0.5) is 17.1 Å². The first kappa shape index (κ1) is 18.4. The third-order valence-corrected chi connectivity index (χ3v) is 4.48. The summed E-state index contributed by atoms with van der Waals surface area (Å²) in [6, 6.07) is 10.9. The number of amides is 1. The summed E-state index contributed by atoms with van der Waals surface area (Å²) in [5, 5.41) is 13.5. The molecule has 25 heavy (non-hydrogen) atoms. The van der Waals surface area contributed by atoms with E-state index in [0.717, 1.165) is 12.1 Å². The predicted octanol–water partition coefficient (Wildman–Crippen LogP) is 1.98. The number of nitrogens with one attached hydrogen (secondary N) is 2. The first-order valence-corrected chi connectivity index (χ1v) is 8.47. The lowest BCUT2D eigenvalue weighted by Crippen LogP contribution is -2.17. The van der Waals surface area contributed by atoms with Crippen LogP contribution in [0.15, 0.2) is 53.4 Å². The summed E-state index contributed by atoms with van der Waals surface area (Å²) in [6.07, 6.45) is 0. The molecule has 2 aromatic rings. The third kappa shape index (κ3) is 4.75. The average molecular weight is 365 g/mol. The van der Waals surface area contributed by atoms with E-state index in [1.165, 1.54) is 43.5 Å². The highest BCUT2D eigenvalue weighted by Gasteiger charge is 2.25. The molecule has 0 spiro atoms. The van der Waals surface area contributed by atoms with Gasteiger partial charge in [0.2, 0.25) is 5.91 Å². The van der Waals surface area contributed by atoms with Crippen LogP contribution < -0.4 is 10.0 Å². The summed E-state index contributed by atoms with van der Waals surface area (Å²) < 4.78 is 31.7. The highest BCUT2D eigenvalue weighted by atomic mass is 32.2. The number of sulfonamides is 1. The first-order valence-electron chi connectivity index (χ1n) is 6.98. The van der Waals surface area contributed by atoms with Crippen molar-refractivity contribution in [2.45, 2.75) is 4.90 Å². The number of ether oxygens (including phenoxy) is 1. The van der Waals surface area contributed by atoms with E-state index < -0.39 is 25.5 Å². The van der Waals surface area contributed by atoms with Crippen molar-refractivity contribution in [3.8, 4) is 0 Å². The van der Waals surface area contributed by atoms with Gasteiger partial charge in [0.25, 0.3) is 15.7 Å². The second-order valence-corrected chi connectivity index (χ2v) is 6.54. The van der Waals surface area contributed by atoms with E-state index in [2.05, 4.69) is 14.8 Å². The molecule has 0 unspecified atom stereocenters. The Morgan fingerprint density at radius 3 is 2.32 bits per heavy atom. The van der Waals surface area contributed by atoms with Crippen molar-refractivity contribution in [3.05, 3.63) is 58.6 Å². The summed E-state index contributed by atoms with van der Waals surface area (Å²) >= 11 is 0. The molecule has 0 aliphatic heterocycles. The van der Waals surface area contributed by atoms with Crippen molar-refractivity contribution in [1.82, 2.24) is 0 Å². The lowest BCUT2D eigenvalue weighted by molar-refractivity contribution is -0.387. The molecule has 0 atom stereocenters. The molecule has 0 bridgehead atoms. The normalized spacial score (nSPS) is 10.9. The average Bonchev–Trinajstić information content (AvgIpc) is 2.56. The lowest BCUT2D eigenvalue weighted by atomic mass is 10.3. The fourth-order valence-corrected chi connectivity index (χ4v) is 3.23. The van der Waals surface area contributed by atoms with Crippen molar-refractivity contribution in [3.63, 3.8) is 0 Å². The van der Waals surface area contributed by atoms with Crippen LogP contribution in [0.5, 0.6) is 0 Å². The number of benzene rings is 2. The van der Waals surface area contributed by atoms with Gasteiger partial charge in [0.05, 0.1) is 4.92 Å². The Balaban J connectivity index is 2.19. The number of carbonyl (C=O) groups is 1. The molecule has 0 saturated carbocycles. The van der Waals surface area contributed by atoms with Crippen LogP contribution in [0.3, 0.4) is 0 Å². The van der Waals surface area contributed by atoms with Gasteiger partial charge in [0.1, 0.15) is 6.61 Å². The number of rotatable bonds is 7. The molecule has 0 radical (unpaired) electrons. The van der Waals surface area contributed by atoms with Crippen molar-refractivity contribution >= 4 is 33.0 Å². The van der Waals surface area contributed by atoms with E-state index in [1.54, 1.807) is 0 Å². The maximum Gasteiger partial charge on any atom is 0.289 e. The van der Waals surface area contributed by atoms with Crippen molar-refractivity contribution < 1.29 is 22.9 Å². The van der Waals surface area contributed by atoms with Crippen LogP contribution in [0, 0.1) is 10.1 Å². The van der Waals surface area contributed by atoms with Crippen molar-refractivity contribution in [2.75, 3.05) is 23.8 Å². The number of nitrogens with zero attached hydrogens (tertiary/aromatic N) is 1. The van der Waals surface area contributed by atoms with E-state index in [4.69, 9.17) is 0 Å². The topological polar surface area (TPSA) is 128 Å². The molecule has 0 aliphatic carbocycles. The van der Waals surface area contributed by atoms with E-state index in [1.807, 2.05) is 0 Å². The number of anilines is 2. The van der Waals surface area contributed by atoms with E-state index in [0.29, 0.717) is 5.69 Å². The van der Waals surface area contributed by atoms with Gasteiger partial charge in [-0.2, -0.15) is 0 Å². The van der Waals surface area contributed by atoms with Gasteiger partial charge in [-0.05, 0) is 30.3 Å². The molecule has 132 valence electrons. The number of nitro benzene ring substituents is 1. The molecular formula is C15H15N3O6S. The zero-order valence-electron chi connectivity index (χ0n) is 13.1.